The zero-order chi connectivity index (χ0) is 12.8. The molecule has 0 amide bonds. The van der Waals surface area contributed by atoms with Crippen molar-refractivity contribution in [3.8, 4) is 5.75 Å². The Labute approximate surface area is 112 Å². The van der Waals surface area contributed by atoms with Crippen molar-refractivity contribution in [2.75, 3.05) is 11.9 Å². The van der Waals surface area contributed by atoms with Gasteiger partial charge in [-0.1, -0.05) is 13.0 Å². The molecule has 18 heavy (non-hydrogen) atoms. The third-order valence-corrected chi connectivity index (χ3v) is 3.66. The standard InChI is InChI=1S/C14H18N2OS/c1-3-14-16-10-13(18-14)9-15-11-6-5-7-12(8-11)17-4-2/h5-8,10,15H,3-4,9H2,1-2H3. The number of aromatic nitrogens is 1. The topological polar surface area (TPSA) is 34.1 Å². The molecular weight excluding hydrogens is 244 g/mol. The summed E-state index contributed by atoms with van der Waals surface area (Å²) in [6.45, 7) is 5.62. The summed E-state index contributed by atoms with van der Waals surface area (Å²) in [6, 6.07) is 8.03. The summed E-state index contributed by atoms with van der Waals surface area (Å²) < 4.78 is 5.47. The van der Waals surface area contributed by atoms with E-state index in [2.05, 4.69) is 17.2 Å². The van der Waals surface area contributed by atoms with Crippen LogP contribution in [-0.4, -0.2) is 11.6 Å². The smallest absolute Gasteiger partial charge is 0.121 e. The van der Waals surface area contributed by atoms with Gasteiger partial charge in [0.15, 0.2) is 0 Å². The van der Waals surface area contributed by atoms with Crippen LogP contribution >= 0.6 is 11.3 Å². The van der Waals surface area contributed by atoms with Crippen molar-refractivity contribution in [3.05, 3.63) is 40.3 Å². The van der Waals surface area contributed by atoms with E-state index in [1.165, 1.54) is 9.88 Å². The Balaban J connectivity index is 1.94. The Morgan fingerprint density at radius 2 is 2.22 bits per heavy atom. The number of benzene rings is 1. The lowest BCUT2D eigenvalue weighted by molar-refractivity contribution is 0.340. The molecule has 4 heteroatoms. The van der Waals surface area contributed by atoms with Crippen molar-refractivity contribution < 1.29 is 4.74 Å². The molecule has 0 aliphatic heterocycles. The highest BCUT2D eigenvalue weighted by molar-refractivity contribution is 7.11. The molecule has 0 atom stereocenters. The summed E-state index contributed by atoms with van der Waals surface area (Å²) in [7, 11) is 0. The van der Waals surface area contributed by atoms with Gasteiger partial charge in [-0.15, -0.1) is 11.3 Å². The van der Waals surface area contributed by atoms with Crippen LogP contribution in [-0.2, 0) is 13.0 Å². The second-order valence-corrected chi connectivity index (χ2v) is 5.09. The molecule has 0 aliphatic carbocycles. The molecule has 0 saturated carbocycles. The van der Waals surface area contributed by atoms with Crippen LogP contribution in [0.2, 0.25) is 0 Å². The molecule has 2 aromatic rings. The van der Waals surface area contributed by atoms with E-state index >= 15 is 0 Å². The quantitative estimate of drug-likeness (QED) is 0.861. The highest BCUT2D eigenvalue weighted by atomic mass is 32.1. The number of hydrogen-bond donors (Lipinski definition) is 1. The normalized spacial score (nSPS) is 10.3. The molecule has 2 rings (SSSR count). The number of anilines is 1. The first-order chi connectivity index (χ1) is 8.81. The van der Waals surface area contributed by atoms with Crippen LogP contribution < -0.4 is 10.1 Å². The summed E-state index contributed by atoms with van der Waals surface area (Å²) in [5.74, 6) is 0.904. The van der Waals surface area contributed by atoms with Gasteiger partial charge in [-0.05, 0) is 25.5 Å². The average Bonchev–Trinajstić information content (AvgIpc) is 2.85. The number of nitrogens with zero attached hydrogens (tertiary/aromatic N) is 1. The molecule has 0 saturated heterocycles. The Kier molecular flexibility index (Phi) is 4.59. The minimum absolute atomic E-state index is 0.693. The molecule has 3 nitrogen and oxygen atoms in total. The number of aryl methyl sites for hydroxylation is 1. The molecule has 0 fully saturated rings. The highest BCUT2D eigenvalue weighted by Gasteiger charge is 2.01. The lowest BCUT2D eigenvalue weighted by Crippen LogP contribution is -1.98. The molecule has 0 radical (unpaired) electrons. The minimum atomic E-state index is 0.693. The van der Waals surface area contributed by atoms with Crippen LogP contribution in [0, 0.1) is 0 Å². The van der Waals surface area contributed by atoms with Crippen molar-refractivity contribution in [1.29, 1.82) is 0 Å². The third kappa shape index (κ3) is 3.47. The SMILES string of the molecule is CCOc1cccc(NCc2cnc(CC)s2)c1. The van der Waals surface area contributed by atoms with E-state index in [-0.39, 0.29) is 0 Å². The fourth-order valence-corrected chi connectivity index (χ4v) is 2.45. The summed E-state index contributed by atoms with van der Waals surface area (Å²) in [5, 5.41) is 4.58. The first kappa shape index (κ1) is 12.9. The summed E-state index contributed by atoms with van der Waals surface area (Å²) in [4.78, 5) is 5.61. The van der Waals surface area contributed by atoms with Crippen LogP contribution in [0.4, 0.5) is 5.69 Å². The van der Waals surface area contributed by atoms with Crippen molar-refractivity contribution >= 4 is 17.0 Å². The number of nitrogens with one attached hydrogen (secondary N) is 1. The van der Waals surface area contributed by atoms with Gasteiger partial charge in [-0.25, -0.2) is 4.98 Å². The van der Waals surface area contributed by atoms with Gasteiger partial charge in [0.1, 0.15) is 5.75 Å². The van der Waals surface area contributed by atoms with E-state index in [1.807, 2.05) is 37.4 Å². The van der Waals surface area contributed by atoms with Gasteiger partial charge in [0.05, 0.1) is 18.2 Å². The molecule has 0 spiro atoms. The van der Waals surface area contributed by atoms with Gasteiger partial charge in [0, 0.05) is 22.8 Å². The molecule has 1 N–H and O–H groups in total. The Bertz CT molecular complexity index is 496. The first-order valence-electron chi connectivity index (χ1n) is 6.22. The lowest BCUT2D eigenvalue weighted by Gasteiger charge is -2.07. The van der Waals surface area contributed by atoms with Crippen LogP contribution in [0.15, 0.2) is 30.5 Å². The van der Waals surface area contributed by atoms with Gasteiger partial charge >= 0.3 is 0 Å². The molecule has 0 unspecified atom stereocenters. The van der Waals surface area contributed by atoms with E-state index in [9.17, 15) is 0 Å². The van der Waals surface area contributed by atoms with E-state index in [0.29, 0.717) is 6.61 Å². The van der Waals surface area contributed by atoms with Gasteiger partial charge in [0.25, 0.3) is 0 Å². The van der Waals surface area contributed by atoms with E-state index in [4.69, 9.17) is 4.74 Å². The third-order valence-electron chi connectivity index (χ3n) is 2.52. The molecular formula is C14H18N2OS. The first-order valence-corrected chi connectivity index (χ1v) is 7.03. The van der Waals surface area contributed by atoms with E-state index in [0.717, 1.165) is 24.4 Å². The summed E-state index contributed by atoms with van der Waals surface area (Å²) in [6.07, 6.45) is 2.95. The van der Waals surface area contributed by atoms with Gasteiger partial charge in [0.2, 0.25) is 0 Å². The number of thiazole rings is 1. The molecule has 0 aliphatic rings. The van der Waals surface area contributed by atoms with Crippen molar-refractivity contribution in [2.45, 2.75) is 26.8 Å². The minimum Gasteiger partial charge on any atom is -0.494 e. The van der Waals surface area contributed by atoms with Crippen molar-refractivity contribution in [3.63, 3.8) is 0 Å². The largest absolute Gasteiger partial charge is 0.494 e. The van der Waals surface area contributed by atoms with Crippen LogP contribution in [0.5, 0.6) is 5.75 Å². The van der Waals surface area contributed by atoms with Gasteiger partial charge in [-0.2, -0.15) is 0 Å². The van der Waals surface area contributed by atoms with Crippen molar-refractivity contribution in [2.24, 2.45) is 0 Å². The molecule has 0 bridgehead atoms. The van der Waals surface area contributed by atoms with Gasteiger partial charge < -0.3 is 10.1 Å². The zero-order valence-corrected chi connectivity index (χ0v) is 11.6. The number of rotatable bonds is 6. The highest BCUT2D eigenvalue weighted by Crippen LogP contribution is 2.19. The molecule has 1 aromatic heterocycles. The molecule has 1 heterocycles. The maximum absolute atomic E-state index is 5.47. The lowest BCUT2D eigenvalue weighted by atomic mass is 10.3. The van der Waals surface area contributed by atoms with Crippen molar-refractivity contribution in [1.82, 2.24) is 4.98 Å². The molecule has 1 aromatic carbocycles. The second-order valence-electron chi connectivity index (χ2n) is 3.89. The summed E-state index contributed by atoms with van der Waals surface area (Å²) in [5.41, 5.74) is 1.08. The van der Waals surface area contributed by atoms with E-state index in [1.54, 1.807) is 11.3 Å². The Morgan fingerprint density at radius 3 is 2.94 bits per heavy atom. The average molecular weight is 262 g/mol. The second kappa shape index (κ2) is 6.40. The monoisotopic (exact) mass is 262 g/mol. The Hall–Kier alpha value is -1.55. The predicted octanol–water partition coefficient (Wildman–Crippen LogP) is 3.72. The van der Waals surface area contributed by atoms with Crippen LogP contribution in [0.25, 0.3) is 0 Å². The predicted molar refractivity (Wildman–Crippen MR) is 76.4 cm³/mol. The maximum Gasteiger partial charge on any atom is 0.121 e. The van der Waals surface area contributed by atoms with Crippen LogP contribution in [0.3, 0.4) is 0 Å². The number of ether oxygens (including phenoxy) is 1. The fraction of sp³-hybridized carbons (Fsp3) is 0.357. The van der Waals surface area contributed by atoms with Crippen LogP contribution in [0.1, 0.15) is 23.7 Å². The Morgan fingerprint density at radius 1 is 1.33 bits per heavy atom. The maximum atomic E-state index is 5.47. The molecule has 96 valence electrons. The number of hydrogen-bond acceptors (Lipinski definition) is 4. The zero-order valence-electron chi connectivity index (χ0n) is 10.8. The van der Waals surface area contributed by atoms with E-state index < -0.39 is 0 Å². The fourth-order valence-electron chi connectivity index (χ4n) is 1.64. The summed E-state index contributed by atoms with van der Waals surface area (Å²) >= 11 is 1.76. The van der Waals surface area contributed by atoms with Gasteiger partial charge in [-0.3, -0.25) is 0 Å².